The molecule has 1 aliphatic rings. The lowest BCUT2D eigenvalue weighted by Gasteiger charge is -2.28. The molecule has 1 unspecified atom stereocenters. The molecule has 2 aromatic rings. The Kier molecular flexibility index (Phi) is 6.23. The smallest absolute Gasteiger partial charge is 0.224 e. The molecule has 1 saturated heterocycles. The molecule has 1 atom stereocenters. The molecule has 26 heavy (non-hydrogen) atoms. The monoisotopic (exact) mass is 356 g/mol. The van der Waals surface area contributed by atoms with Gasteiger partial charge in [0.2, 0.25) is 5.91 Å². The molecule has 0 aromatic heterocycles. The van der Waals surface area contributed by atoms with Gasteiger partial charge >= 0.3 is 0 Å². The number of rotatable bonds is 7. The summed E-state index contributed by atoms with van der Waals surface area (Å²) in [6.45, 7) is 2.65. The van der Waals surface area contributed by atoms with Crippen molar-refractivity contribution in [1.82, 2.24) is 10.2 Å². The van der Waals surface area contributed by atoms with Crippen LogP contribution >= 0.6 is 0 Å². The zero-order valence-electron chi connectivity index (χ0n) is 15.1. The molecule has 0 radical (unpaired) electrons. The molecule has 1 amide bonds. The first-order valence-electron chi connectivity index (χ1n) is 9.05. The van der Waals surface area contributed by atoms with Crippen LogP contribution in [0.1, 0.15) is 30.0 Å². The van der Waals surface area contributed by atoms with Crippen LogP contribution in [0.15, 0.2) is 48.5 Å². The summed E-state index contributed by atoms with van der Waals surface area (Å²) < 4.78 is 18.2. The predicted molar refractivity (Wildman–Crippen MR) is 99.7 cm³/mol. The van der Waals surface area contributed by atoms with E-state index in [1.54, 1.807) is 19.2 Å². The number of hydrogen-bond acceptors (Lipinski definition) is 3. The maximum absolute atomic E-state index is 13.0. The van der Waals surface area contributed by atoms with E-state index >= 15 is 0 Å². The van der Waals surface area contributed by atoms with E-state index in [4.69, 9.17) is 4.74 Å². The number of hydrogen-bond donors (Lipinski definition) is 1. The number of halogens is 1. The van der Waals surface area contributed by atoms with Crippen LogP contribution in [-0.2, 0) is 11.2 Å². The maximum Gasteiger partial charge on any atom is 0.224 e. The lowest BCUT2D eigenvalue weighted by molar-refractivity contribution is -0.120. The molecule has 3 rings (SSSR count). The summed E-state index contributed by atoms with van der Waals surface area (Å²) in [4.78, 5) is 14.7. The number of ether oxygens (including phenoxy) is 1. The summed E-state index contributed by atoms with van der Waals surface area (Å²) in [7, 11) is 1.66. The number of nitrogens with one attached hydrogen (secondary N) is 1. The summed E-state index contributed by atoms with van der Waals surface area (Å²) in [6.07, 6.45) is 2.64. The molecule has 1 fully saturated rings. The van der Waals surface area contributed by atoms with E-state index in [0.717, 1.165) is 24.4 Å². The summed E-state index contributed by atoms with van der Waals surface area (Å²) in [6, 6.07) is 14.3. The Morgan fingerprint density at radius 2 is 1.77 bits per heavy atom. The van der Waals surface area contributed by atoms with E-state index in [2.05, 4.69) is 22.3 Å². The largest absolute Gasteiger partial charge is 0.497 e. The van der Waals surface area contributed by atoms with Gasteiger partial charge in [-0.15, -0.1) is 0 Å². The van der Waals surface area contributed by atoms with E-state index in [-0.39, 0.29) is 24.2 Å². The zero-order valence-corrected chi connectivity index (χ0v) is 15.1. The van der Waals surface area contributed by atoms with Crippen LogP contribution in [-0.4, -0.2) is 37.6 Å². The standard InChI is InChI=1S/C21H25FN2O2/c1-26-19-10-6-17(7-11-19)20(24-12-2-3-13-24)15-23-21(25)14-16-4-8-18(22)9-5-16/h4-11,20H,2-3,12-15H2,1H3,(H,23,25). The highest BCUT2D eigenvalue weighted by Crippen LogP contribution is 2.26. The van der Waals surface area contributed by atoms with Gasteiger partial charge in [-0.1, -0.05) is 24.3 Å². The molecule has 1 heterocycles. The van der Waals surface area contributed by atoms with E-state index in [0.29, 0.717) is 6.54 Å². The Morgan fingerprint density at radius 3 is 2.38 bits per heavy atom. The minimum Gasteiger partial charge on any atom is -0.497 e. The normalized spacial score (nSPS) is 15.6. The Bertz CT molecular complexity index is 710. The van der Waals surface area contributed by atoms with E-state index in [1.165, 1.54) is 30.5 Å². The van der Waals surface area contributed by atoms with Crippen molar-refractivity contribution in [3.63, 3.8) is 0 Å². The van der Waals surface area contributed by atoms with Crippen molar-refractivity contribution >= 4 is 5.91 Å². The number of benzene rings is 2. The first-order valence-corrected chi connectivity index (χ1v) is 9.05. The van der Waals surface area contributed by atoms with Crippen molar-refractivity contribution in [3.8, 4) is 5.75 Å². The second-order valence-corrected chi connectivity index (χ2v) is 6.64. The quantitative estimate of drug-likeness (QED) is 0.827. The predicted octanol–water partition coefficient (Wildman–Crippen LogP) is 3.33. The number of likely N-dealkylation sites (tertiary alicyclic amines) is 1. The molecule has 0 saturated carbocycles. The zero-order chi connectivity index (χ0) is 18.4. The minimum atomic E-state index is -0.289. The van der Waals surface area contributed by atoms with Gasteiger partial charge in [0.25, 0.3) is 0 Å². The highest BCUT2D eigenvalue weighted by Gasteiger charge is 2.24. The van der Waals surface area contributed by atoms with Crippen molar-refractivity contribution < 1.29 is 13.9 Å². The van der Waals surface area contributed by atoms with Crippen molar-refractivity contribution in [2.24, 2.45) is 0 Å². The van der Waals surface area contributed by atoms with Crippen LogP contribution in [0.2, 0.25) is 0 Å². The number of carbonyl (C=O) groups excluding carboxylic acids is 1. The van der Waals surface area contributed by atoms with Crippen LogP contribution < -0.4 is 10.1 Å². The lowest BCUT2D eigenvalue weighted by Crippen LogP contribution is -2.37. The van der Waals surface area contributed by atoms with Gasteiger partial charge in [-0.25, -0.2) is 4.39 Å². The highest BCUT2D eigenvalue weighted by molar-refractivity contribution is 5.78. The Hall–Kier alpha value is -2.40. The summed E-state index contributed by atoms with van der Waals surface area (Å²) in [5, 5.41) is 3.04. The van der Waals surface area contributed by atoms with E-state index in [1.807, 2.05) is 12.1 Å². The van der Waals surface area contributed by atoms with Crippen LogP contribution in [0.4, 0.5) is 4.39 Å². The fraction of sp³-hybridized carbons (Fsp3) is 0.381. The first kappa shape index (κ1) is 18.4. The van der Waals surface area contributed by atoms with Gasteiger partial charge in [0.15, 0.2) is 0 Å². The Labute approximate surface area is 154 Å². The Morgan fingerprint density at radius 1 is 1.12 bits per heavy atom. The third-order valence-electron chi connectivity index (χ3n) is 4.85. The van der Waals surface area contributed by atoms with Gasteiger partial charge in [-0.05, 0) is 61.3 Å². The molecule has 1 aliphatic heterocycles. The molecular formula is C21H25FN2O2. The fourth-order valence-electron chi connectivity index (χ4n) is 3.40. The molecule has 4 nitrogen and oxygen atoms in total. The van der Waals surface area contributed by atoms with Gasteiger partial charge in [-0.2, -0.15) is 0 Å². The average molecular weight is 356 g/mol. The maximum atomic E-state index is 13.0. The number of methoxy groups -OCH3 is 1. The average Bonchev–Trinajstić information content (AvgIpc) is 3.19. The SMILES string of the molecule is COc1ccc(C(CNC(=O)Cc2ccc(F)cc2)N2CCCC2)cc1. The van der Waals surface area contributed by atoms with Crippen molar-refractivity contribution in [3.05, 3.63) is 65.5 Å². The van der Waals surface area contributed by atoms with Crippen LogP contribution in [0, 0.1) is 5.82 Å². The first-order chi connectivity index (χ1) is 12.7. The van der Waals surface area contributed by atoms with Gasteiger partial charge < -0.3 is 10.1 Å². The van der Waals surface area contributed by atoms with Gasteiger partial charge in [-0.3, -0.25) is 9.69 Å². The molecule has 1 N–H and O–H groups in total. The highest BCUT2D eigenvalue weighted by atomic mass is 19.1. The molecular weight excluding hydrogens is 331 g/mol. The molecule has 5 heteroatoms. The Balaban J connectivity index is 1.63. The second kappa shape index (κ2) is 8.81. The fourth-order valence-corrected chi connectivity index (χ4v) is 3.40. The van der Waals surface area contributed by atoms with E-state index < -0.39 is 0 Å². The van der Waals surface area contributed by atoms with Gasteiger partial charge in [0.05, 0.1) is 19.6 Å². The molecule has 2 aromatic carbocycles. The van der Waals surface area contributed by atoms with E-state index in [9.17, 15) is 9.18 Å². The third kappa shape index (κ3) is 4.82. The topological polar surface area (TPSA) is 41.6 Å². The molecule has 0 aliphatic carbocycles. The summed E-state index contributed by atoms with van der Waals surface area (Å²) in [5.74, 6) is 0.492. The number of amides is 1. The molecule has 0 spiro atoms. The lowest BCUT2D eigenvalue weighted by atomic mass is 10.0. The van der Waals surface area contributed by atoms with Crippen LogP contribution in [0.25, 0.3) is 0 Å². The molecule has 138 valence electrons. The third-order valence-corrected chi connectivity index (χ3v) is 4.85. The summed E-state index contributed by atoms with van der Waals surface area (Å²) in [5.41, 5.74) is 1.99. The van der Waals surface area contributed by atoms with Crippen LogP contribution in [0.3, 0.4) is 0 Å². The van der Waals surface area contributed by atoms with Crippen molar-refractivity contribution in [1.29, 1.82) is 0 Å². The minimum absolute atomic E-state index is 0.0469. The van der Waals surface area contributed by atoms with Crippen LogP contribution in [0.5, 0.6) is 5.75 Å². The second-order valence-electron chi connectivity index (χ2n) is 6.64. The van der Waals surface area contributed by atoms with Gasteiger partial charge in [0, 0.05) is 6.54 Å². The van der Waals surface area contributed by atoms with Gasteiger partial charge in [0.1, 0.15) is 11.6 Å². The van der Waals surface area contributed by atoms with Crippen molar-refractivity contribution in [2.45, 2.75) is 25.3 Å². The van der Waals surface area contributed by atoms with Crippen molar-refractivity contribution in [2.75, 3.05) is 26.7 Å². The number of carbonyl (C=O) groups is 1. The molecule has 0 bridgehead atoms. The number of nitrogens with zero attached hydrogens (tertiary/aromatic N) is 1. The summed E-state index contributed by atoms with van der Waals surface area (Å²) >= 11 is 0.